The first-order valence-electron chi connectivity index (χ1n) is 11.9. The van der Waals surface area contributed by atoms with Crippen LogP contribution in [0.25, 0.3) is 11.1 Å². The van der Waals surface area contributed by atoms with Crippen LogP contribution in [0.5, 0.6) is 5.75 Å². The molecule has 0 radical (unpaired) electrons. The second-order valence-electron chi connectivity index (χ2n) is 9.80. The molecule has 1 saturated carbocycles. The highest BCUT2D eigenvalue weighted by molar-refractivity contribution is 7.89. The molecule has 4 rings (SSSR count). The summed E-state index contributed by atoms with van der Waals surface area (Å²) in [4.78, 5) is 3.89. The van der Waals surface area contributed by atoms with Crippen LogP contribution in [0.4, 0.5) is 13.2 Å². The fraction of sp³-hybridized carbons (Fsp3) is 0.462. The van der Waals surface area contributed by atoms with Gasteiger partial charge in [-0.05, 0) is 78.5 Å². The number of nitriles is 1. The van der Waals surface area contributed by atoms with Gasteiger partial charge in [-0.3, -0.25) is 4.98 Å². The Hall–Kier alpha value is -2.90. The first-order chi connectivity index (χ1) is 16.8. The van der Waals surface area contributed by atoms with E-state index >= 15 is 0 Å². The van der Waals surface area contributed by atoms with Crippen LogP contribution < -0.4 is 4.72 Å². The second-order valence-corrected chi connectivity index (χ2v) is 11.5. The Morgan fingerprint density at radius 3 is 2.47 bits per heavy atom. The van der Waals surface area contributed by atoms with Crippen molar-refractivity contribution in [2.24, 2.45) is 11.8 Å². The van der Waals surface area contributed by atoms with E-state index in [-0.39, 0.29) is 17.6 Å². The van der Waals surface area contributed by atoms with Crippen LogP contribution >= 0.6 is 0 Å². The molecule has 0 amide bonds. The van der Waals surface area contributed by atoms with E-state index in [1.54, 1.807) is 10.8 Å². The number of hydrogen-bond acceptors (Lipinski definition) is 5. The zero-order chi connectivity index (χ0) is 26.4. The van der Waals surface area contributed by atoms with Crippen LogP contribution in [0.2, 0.25) is 0 Å². The number of nitrogens with one attached hydrogen (secondary N) is 1. The third-order valence-corrected chi connectivity index (χ3v) is 9.08. The quantitative estimate of drug-likeness (QED) is 0.529. The largest absolute Gasteiger partial charge is 0.508 e. The third kappa shape index (κ3) is 4.87. The lowest BCUT2D eigenvalue weighted by molar-refractivity contribution is -0.147. The zero-order valence-electron chi connectivity index (χ0n) is 20.2. The molecular weight excluding hydrogens is 491 g/mol. The maximum atomic E-state index is 12.9. The fourth-order valence-electron chi connectivity index (χ4n) is 5.11. The van der Waals surface area contributed by atoms with E-state index in [2.05, 4.69) is 18.0 Å². The van der Waals surface area contributed by atoms with Crippen molar-refractivity contribution in [3.63, 3.8) is 0 Å². The normalized spacial score (nSPS) is 21.8. The Labute approximate surface area is 208 Å². The fourth-order valence-corrected chi connectivity index (χ4v) is 6.28. The topological polar surface area (TPSA) is 103 Å². The Kier molecular flexibility index (Phi) is 6.92. The predicted octanol–water partition coefficient (Wildman–Crippen LogP) is 5.68. The van der Waals surface area contributed by atoms with Crippen molar-refractivity contribution in [3.05, 3.63) is 52.8 Å². The van der Waals surface area contributed by atoms with Gasteiger partial charge in [0.15, 0.2) is 0 Å². The van der Waals surface area contributed by atoms with Crippen molar-refractivity contribution in [1.82, 2.24) is 9.71 Å². The number of phenols is 1. The Morgan fingerprint density at radius 2 is 1.94 bits per heavy atom. The summed E-state index contributed by atoms with van der Waals surface area (Å²) in [6, 6.07) is 6.18. The van der Waals surface area contributed by atoms with Gasteiger partial charge in [-0.2, -0.15) is 23.2 Å². The minimum atomic E-state index is -4.72. The van der Waals surface area contributed by atoms with Gasteiger partial charge in [0.05, 0.1) is 11.3 Å². The lowest BCUT2D eigenvalue weighted by atomic mass is 9.67. The summed E-state index contributed by atoms with van der Waals surface area (Å²) in [5, 5.41) is 20.6. The molecule has 192 valence electrons. The van der Waals surface area contributed by atoms with Gasteiger partial charge < -0.3 is 5.11 Å². The SMILES string of the molecule is Cc1cc2c(cc1O)C(C#N)=C(c1ccc(S(=O)(=O)NC(C)C(F)(F)F)cn1)CC(C1CCC1)C2C. The second kappa shape index (κ2) is 9.52. The van der Waals surface area contributed by atoms with Crippen LogP contribution in [-0.2, 0) is 10.0 Å². The van der Waals surface area contributed by atoms with E-state index in [1.807, 2.05) is 13.0 Å². The number of sulfonamides is 1. The number of hydrogen-bond donors (Lipinski definition) is 2. The molecule has 3 atom stereocenters. The molecule has 1 fully saturated rings. The van der Waals surface area contributed by atoms with Crippen molar-refractivity contribution < 1.29 is 26.7 Å². The maximum absolute atomic E-state index is 12.9. The molecule has 1 heterocycles. The van der Waals surface area contributed by atoms with Crippen molar-refractivity contribution in [2.45, 2.75) is 69.5 Å². The van der Waals surface area contributed by atoms with Crippen molar-refractivity contribution >= 4 is 21.2 Å². The van der Waals surface area contributed by atoms with Crippen LogP contribution in [0, 0.1) is 30.1 Å². The van der Waals surface area contributed by atoms with E-state index in [4.69, 9.17) is 0 Å². The molecule has 2 aliphatic carbocycles. The van der Waals surface area contributed by atoms with Gasteiger partial charge in [0.1, 0.15) is 22.8 Å². The van der Waals surface area contributed by atoms with E-state index in [0.717, 1.165) is 43.5 Å². The molecule has 2 aromatic rings. The molecule has 1 aromatic carbocycles. The van der Waals surface area contributed by atoms with E-state index in [0.29, 0.717) is 34.7 Å². The maximum Gasteiger partial charge on any atom is 0.404 e. The smallest absolute Gasteiger partial charge is 0.404 e. The number of aryl methyl sites for hydroxylation is 1. The molecule has 2 aliphatic rings. The number of rotatable bonds is 5. The lowest BCUT2D eigenvalue weighted by Gasteiger charge is -2.37. The molecule has 10 heteroatoms. The van der Waals surface area contributed by atoms with E-state index in [9.17, 15) is 32.0 Å². The number of pyridine rings is 1. The van der Waals surface area contributed by atoms with E-state index in [1.165, 1.54) is 12.1 Å². The first-order valence-corrected chi connectivity index (χ1v) is 13.3. The number of aromatic hydroxyl groups is 1. The summed E-state index contributed by atoms with van der Waals surface area (Å²) in [6.45, 7) is 4.68. The van der Waals surface area contributed by atoms with Gasteiger partial charge in [-0.25, -0.2) is 8.42 Å². The minimum Gasteiger partial charge on any atom is -0.508 e. The molecule has 0 aliphatic heterocycles. The van der Waals surface area contributed by atoms with Gasteiger partial charge >= 0.3 is 6.18 Å². The highest BCUT2D eigenvalue weighted by Gasteiger charge is 2.40. The summed E-state index contributed by atoms with van der Waals surface area (Å²) >= 11 is 0. The molecule has 6 nitrogen and oxygen atoms in total. The number of alkyl halides is 3. The molecule has 3 unspecified atom stereocenters. The average Bonchev–Trinajstić information content (AvgIpc) is 2.87. The highest BCUT2D eigenvalue weighted by Crippen LogP contribution is 2.50. The molecule has 0 spiro atoms. The number of benzene rings is 1. The van der Waals surface area contributed by atoms with Gasteiger partial charge in [0.25, 0.3) is 0 Å². The van der Waals surface area contributed by atoms with Crippen molar-refractivity contribution in [3.8, 4) is 11.8 Å². The Balaban J connectivity index is 1.79. The molecule has 2 N–H and O–H groups in total. The number of halogens is 3. The standard InChI is InChI=1S/C26H28F3N3O3S/c1-14-9-20-15(2)19(17-5-4-6-17)10-22(23(12-30)21(20)11-25(14)33)24-8-7-18(13-31-24)36(34,35)32-16(3)26(27,28)29/h7-9,11,13,15-17,19,32-33H,4-6,10H2,1-3H3. The number of nitrogens with zero attached hydrogens (tertiary/aromatic N) is 2. The molecule has 0 saturated heterocycles. The summed E-state index contributed by atoms with van der Waals surface area (Å²) in [6.07, 6.45) is 0.161. The van der Waals surface area contributed by atoms with Gasteiger partial charge in [0.2, 0.25) is 10.0 Å². The van der Waals surface area contributed by atoms with E-state index < -0.39 is 27.1 Å². The third-order valence-electron chi connectivity index (χ3n) is 7.56. The molecule has 0 bridgehead atoms. The number of fused-ring (bicyclic) bond motifs is 1. The molecular formula is C26H28F3N3O3S. The number of phenolic OH excluding ortho intramolecular Hbond substituents is 1. The molecule has 36 heavy (non-hydrogen) atoms. The van der Waals surface area contributed by atoms with Crippen LogP contribution in [0.1, 0.15) is 67.8 Å². The minimum absolute atomic E-state index is 0.0782. The Bertz CT molecular complexity index is 1340. The number of allylic oxidation sites excluding steroid dienone is 2. The first kappa shape index (κ1) is 26.2. The van der Waals surface area contributed by atoms with Crippen molar-refractivity contribution in [2.75, 3.05) is 0 Å². The van der Waals surface area contributed by atoms with Crippen LogP contribution in [0.3, 0.4) is 0 Å². The summed E-state index contributed by atoms with van der Waals surface area (Å²) in [5.74, 6) is 0.900. The van der Waals surface area contributed by atoms with Gasteiger partial charge in [-0.1, -0.05) is 32.3 Å². The lowest BCUT2D eigenvalue weighted by Crippen LogP contribution is -2.42. The summed E-state index contributed by atoms with van der Waals surface area (Å²) < 4.78 is 65.2. The van der Waals surface area contributed by atoms with Gasteiger partial charge in [-0.15, -0.1) is 0 Å². The average molecular weight is 520 g/mol. The number of aromatic nitrogens is 1. The van der Waals surface area contributed by atoms with Crippen molar-refractivity contribution in [1.29, 1.82) is 5.26 Å². The summed E-state index contributed by atoms with van der Waals surface area (Å²) in [5.41, 5.74) is 3.73. The monoisotopic (exact) mass is 519 g/mol. The predicted molar refractivity (Wildman–Crippen MR) is 129 cm³/mol. The zero-order valence-corrected chi connectivity index (χ0v) is 21.0. The molecule has 1 aromatic heterocycles. The summed E-state index contributed by atoms with van der Waals surface area (Å²) in [7, 11) is -4.45. The van der Waals surface area contributed by atoms with Gasteiger partial charge in [0, 0.05) is 6.20 Å². The van der Waals surface area contributed by atoms with Crippen LogP contribution in [0.15, 0.2) is 35.4 Å². The van der Waals surface area contributed by atoms with Crippen LogP contribution in [-0.4, -0.2) is 30.7 Å². The highest BCUT2D eigenvalue weighted by atomic mass is 32.2. The Morgan fingerprint density at radius 1 is 1.25 bits per heavy atom.